The fourth-order valence-electron chi connectivity index (χ4n) is 3.13. The molecule has 2 rings (SSSR count). The summed E-state index contributed by atoms with van der Waals surface area (Å²) in [4.78, 5) is 4.32. The van der Waals surface area contributed by atoms with E-state index in [-0.39, 0.29) is 11.5 Å². The van der Waals surface area contributed by atoms with E-state index in [1.54, 1.807) is 0 Å². The highest BCUT2D eigenvalue weighted by Gasteiger charge is 2.39. The van der Waals surface area contributed by atoms with Crippen molar-refractivity contribution in [2.75, 3.05) is 0 Å². The molecule has 1 aromatic rings. The van der Waals surface area contributed by atoms with Crippen molar-refractivity contribution in [3.05, 3.63) is 17.8 Å². The predicted octanol–water partition coefficient (Wildman–Crippen LogP) is 3.55. The molecule has 2 N–H and O–H groups in total. The third-order valence-corrected chi connectivity index (χ3v) is 3.80. The second kappa shape index (κ2) is 4.81. The molecule has 0 radical (unpaired) electrons. The summed E-state index contributed by atoms with van der Waals surface area (Å²) in [6.45, 7) is 6.48. The Labute approximate surface area is 104 Å². The van der Waals surface area contributed by atoms with Gasteiger partial charge in [-0.15, -0.1) is 0 Å². The fraction of sp³-hybridized carbons (Fsp3) is 0.786. The van der Waals surface area contributed by atoms with Crippen LogP contribution in [0.5, 0.6) is 0 Å². The summed E-state index contributed by atoms with van der Waals surface area (Å²) < 4.78 is 5.90. The summed E-state index contributed by atoms with van der Waals surface area (Å²) >= 11 is 0. The normalized spacial score (nSPS) is 21.0. The van der Waals surface area contributed by atoms with E-state index in [2.05, 4.69) is 18.8 Å². The number of nitrogens with zero attached hydrogens (tertiary/aromatic N) is 1. The van der Waals surface area contributed by atoms with Crippen LogP contribution < -0.4 is 5.73 Å². The molecular formula is C14H24N2O. The van der Waals surface area contributed by atoms with E-state index in [9.17, 15) is 0 Å². The summed E-state index contributed by atoms with van der Waals surface area (Å²) in [7, 11) is 0. The van der Waals surface area contributed by atoms with Crippen molar-refractivity contribution in [3.63, 3.8) is 0 Å². The standard InChI is InChI=1S/C14H24N2O/c1-10(2)8-14(6-4-5-7-14)12-9-16-13(17-12)11(3)15/h9-11H,4-8,15H2,1-3H3. The number of oxazole rings is 1. The van der Waals surface area contributed by atoms with Crippen LogP contribution in [-0.4, -0.2) is 4.98 Å². The molecule has 0 spiro atoms. The topological polar surface area (TPSA) is 52.0 Å². The average molecular weight is 236 g/mol. The van der Waals surface area contributed by atoms with Crippen LogP contribution in [-0.2, 0) is 5.41 Å². The van der Waals surface area contributed by atoms with E-state index in [1.807, 2.05) is 13.1 Å². The van der Waals surface area contributed by atoms with E-state index in [0.717, 1.165) is 5.76 Å². The third-order valence-electron chi connectivity index (χ3n) is 3.80. The van der Waals surface area contributed by atoms with Gasteiger partial charge in [-0.25, -0.2) is 4.98 Å². The Balaban J connectivity index is 2.25. The zero-order chi connectivity index (χ0) is 12.5. The molecule has 0 bridgehead atoms. The maximum absolute atomic E-state index is 5.90. The van der Waals surface area contributed by atoms with Gasteiger partial charge in [-0.1, -0.05) is 26.7 Å². The van der Waals surface area contributed by atoms with Crippen molar-refractivity contribution < 1.29 is 4.42 Å². The highest BCUT2D eigenvalue weighted by Crippen LogP contribution is 2.45. The lowest BCUT2D eigenvalue weighted by atomic mass is 9.77. The molecule has 1 aliphatic rings. The quantitative estimate of drug-likeness (QED) is 0.869. The Kier molecular flexibility index (Phi) is 3.57. The Morgan fingerprint density at radius 1 is 1.35 bits per heavy atom. The van der Waals surface area contributed by atoms with Crippen LogP contribution in [0.2, 0.25) is 0 Å². The second-order valence-electron chi connectivity index (χ2n) is 5.94. The van der Waals surface area contributed by atoms with Crippen LogP contribution in [0.3, 0.4) is 0 Å². The van der Waals surface area contributed by atoms with Crippen molar-refractivity contribution >= 4 is 0 Å². The minimum atomic E-state index is -0.110. The first-order valence-corrected chi connectivity index (χ1v) is 6.75. The van der Waals surface area contributed by atoms with Gasteiger partial charge < -0.3 is 10.2 Å². The second-order valence-corrected chi connectivity index (χ2v) is 5.94. The van der Waals surface area contributed by atoms with Crippen LogP contribution >= 0.6 is 0 Å². The van der Waals surface area contributed by atoms with E-state index in [4.69, 9.17) is 10.2 Å². The SMILES string of the molecule is CC(C)CC1(c2cnc(C(C)N)o2)CCCC1. The molecule has 0 aromatic carbocycles. The molecule has 1 aliphatic carbocycles. The highest BCUT2D eigenvalue weighted by molar-refractivity contribution is 5.14. The monoisotopic (exact) mass is 236 g/mol. The molecule has 1 aromatic heterocycles. The Morgan fingerprint density at radius 2 is 2.00 bits per heavy atom. The average Bonchev–Trinajstić information content (AvgIpc) is 2.83. The summed E-state index contributed by atoms with van der Waals surface area (Å²) in [5.41, 5.74) is 6.04. The van der Waals surface area contributed by atoms with Crippen LogP contribution in [0.25, 0.3) is 0 Å². The molecule has 0 amide bonds. The summed E-state index contributed by atoms with van der Waals surface area (Å²) in [6, 6.07) is -0.110. The lowest BCUT2D eigenvalue weighted by Gasteiger charge is -2.28. The molecule has 17 heavy (non-hydrogen) atoms. The zero-order valence-electron chi connectivity index (χ0n) is 11.2. The van der Waals surface area contributed by atoms with Crippen LogP contribution in [0.1, 0.15) is 70.6 Å². The van der Waals surface area contributed by atoms with Gasteiger partial charge in [-0.3, -0.25) is 0 Å². The molecular weight excluding hydrogens is 212 g/mol. The summed E-state index contributed by atoms with van der Waals surface area (Å²) in [5.74, 6) is 2.43. The molecule has 1 atom stereocenters. The minimum absolute atomic E-state index is 0.110. The van der Waals surface area contributed by atoms with Gasteiger partial charge in [0.05, 0.1) is 12.2 Å². The van der Waals surface area contributed by atoms with Gasteiger partial charge in [-0.05, 0) is 32.1 Å². The van der Waals surface area contributed by atoms with Gasteiger partial charge in [0.25, 0.3) is 0 Å². The highest BCUT2D eigenvalue weighted by atomic mass is 16.4. The van der Waals surface area contributed by atoms with Gasteiger partial charge in [0.1, 0.15) is 5.76 Å². The van der Waals surface area contributed by atoms with Crippen LogP contribution in [0.15, 0.2) is 10.6 Å². The van der Waals surface area contributed by atoms with Crippen LogP contribution in [0, 0.1) is 5.92 Å². The van der Waals surface area contributed by atoms with E-state index >= 15 is 0 Å². The molecule has 96 valence electrons. The first-order valence-electron chi connectivity index (χ1n) is 6.75. The van der Waals surface area contributed by atoms with E-state index < -0.39 is 0 Å². The number of hydrogen-bond donors (Lipinski definition) is 1. The summed E-state index contributed by atoms with van der Waals surface area (Å²) in [6.07, 6.45) is 8.19. The lowest BCUT2D eigenvalue weighted by molar-refractivity contribution is 0.274. The zero-order valence-corrected chi connectivity index (χ0v) is 11.2. The lowest BCUT2D eigenvalue weighted by Crippen LogP contribution is -2.23. The van der Waals surface area contributed by atoms with E-state index in [1.165, 1.54) is 32.1 Å². The molecule has 3 nitrogen and oxygen atoms in total. The number of aromatic nitrogens is 1. The smallest absolute Gasteiger partial charge is 0.211 e. The molecule has 3 heteroatoms. The Bertz CT molecular complexity index is 362. The molecule has 1 heterocycles. The largest absolute Gasteiger partial charge is 0.443 e. The Hall–Kier alpha value is -0.830. The minimum Gasteiger partial charge on any atom is -0.443 e. The molecule has 1 unspecified atom stereocenters. The summed E-state index contributed by atoms with van der Waals surface area (Å²) in [5, 5.41) is 0. The van der Waals surface area contributed by atoms with Gasteiger partial charge >= 0.3 is 0 Å². The fourth-order valence-corrected chi connectivity index (χ4v) is 3.13. The van der Waals surface area contributed by atoms with Crippen molar-refractivity contribution in [1.29, 1.82) is 0 Å². The van der Waals surface area contributed by atoms with Gasteiger partial charge in [0, 0.05) is 5.41 Å². The molecule has 0 saturated heterocycles. The first kappa shape index (κ1) is 12.6. The molecule has 1 saturated carbocycles. The molecule has 1 fully saturated rings. The van der Waals surface area contributed by atoms with Crippen LogP contribution in [0.4, 0.5) is 0 Å². The van der Waals surface area contributed by atoms with Gasteiger partial charge in [0.15, 0.2) is 0 Å². The van der Waals surface area contributed by atoms with E-state index in [0.29, 0.717) is 11.8 Å². The van der Waals surface area contributed by atoms with Gasteiger partial charge in [-0.2, -0.15) is 0 Å². The van der Waals surface area contributed by atoms with Crippen molar-refractivity contribution in [2.45, 2.75) is 64.3 Å². The number of nitrogens with two attached hydrogens (primary N) is 1. The molecule has 0 aliphatic heterocycles. The Morgan fingerprint density at radius 3 is 2.47 bits per heavy atom. The predicted molar refractivity (Wildman–Crippen MR) is 68.7 cm³/mol. The number of hydrogen-bond acceptors (Lipinski definition) is 3. The maximum atomic E-state index is 5.90. The van der Waals surface area contributed by atoms with Crippen molar-refractivity contribution in [3.8, 4) is 0 Å². The van der Waals surface area contributed by atoms with Crippen molar-refractivity contribution in [1.82, 2.24) is 4.98 Å². The van der Waals surface area contributed by atoms with Gasteiger partial charge in [0.2, 0.25) is 5.89 Å². The number of rotatable bonds is 4. The maximum Gasteiger partial charge on any atom is 0.211 e. The van der Waals surface area contributed by atoms with Crippen molar-refractivity contribution in [2.24, 2.45) is 11.7 Å². The first-order chi connectivity index (χ1) is 8.03. The third kappa shape index (κ3) is 2.54.